The third-order valence-electron chi connectivity index (χ3n) is 3.86. The molecule has 3 rings (SSSR count). The minimum Gasteiger partial charge on any atom is -0.350 e. The molecule has 0 radical (unpaired) electrons. The molecule has 118 valence electrons. The summed E-state index contributed by atoms with van der Waals surface area (Å²) in [5.74, 6) is 0.117. The van der Waals surface area contributed by atoms with E-state index in [4.69, 9.17) is 21.4 Å². The number of halogens is 1. The smallest absolute Gasteiger partial charge is 0.289 e. The van der Waals surface area contributed by atoms with Crippen molar-refractivity contribution in [3.8, 4) is 17.5 Å². The molecular weight excluding hydrogens is 316 g/mol. The number of carbonyl (C=O) groups excluding carboxylic acids is 1. The van der Waals surface area contributed by atoms with Crippen molar-refractivity contribution in [3.05, 3.63) is 41.1 Å². The fraction of sp³-hybridized carbons (Fsp3) is 0.312. The quantitative estimate of drug-likeness (QED) is 0.871. The Kier molecular flexibility index (Phi) is 4.49. The van der Waals surface area contributed by atoms with Gasteiger partial charge in [-0.1, -0.05) is 35.0 Å². The first kappa shape index (κ1) is 15.4. The van der Waals surface area contributed by atoms with E-state index in [0.29, 0.717) is 23.8 Å². The second kappa shape index (κ2) is 6.71. The van der Waals surface area contributed by atoms with Crippen LogP contribution in [0.5, 0.6) is 0 Å². The Bertz CT molecular complexity index is 753. The number of amides is 1. The van der Waals surface area contributed by atoms with E-state index in [1.807, 2.05) is 18.2 Å². The molecule has 1 aliphatic rings. The summed E-state index contributed by atoms with van der Waals surface area (Å²) < 4.78 is 5.11. The van der Waals surface area contributed by atoms with E-state index in [1.54, 1.807) is 17.0 Å². The Morgan fingerprint density at radius 3 is 3.09 bits per heavy atom. The molecule has 1 N–H and O–H groups in total. The number of aromatic nitrogens is 1. The lowest BCUT2D eigenvalue weighted by Gasteiger charge is -2.09. The van der Waals surface area contributed by atoms with Crippen LogP contribution < -0.4 is 5.32 Å². The second-order valence-electron chi connectivity index (χ2n) is 5.47. The van der Waals surface area contributed by atoms with Gasteiger partial charge >= 0.3 is 0 Å². The molecule has 1 aromatic carbocycles. The molecule has 0 saturated carbocycles. The fourth-order valence-electron chi connectivity index (χ4n) is 2.59. The lowest BCUT2D eigenvalue weighted by Crippen LogP contribution is -2.30. The standard InChI is InChI=1S/C16H15ClN4O2/c17-13-4-2-1-3-12(13)14-7-15(23-20-14)16(22)19-8-11-5-6-21(9-11)10-18/h1-4,7,11H,5-6,8-9H2,(H,19,22). The van der Waals surface area contributed by atoms with Gasteiger partial charge in [-0.2, -0.15) is 5.26 Å². The summed E-state index contributed by atoms with van der Waals surface area (Å²) in [4.78, 5) is 13.8. The highest BCUT2D eigenvalue weighted by Crippen LogP contribution is 2.27. The normalized spacial score (nSPS) is 17.0. The average molecular weight is 331 g/mol. The first-order valence-corrected chi connectivity index (χ1v) is 7.69. The minimum atomic E-state index is -0.314. The van der Waals surface area contributed by atoms with Gasteiger partial charge in [0.25, 0.3) is 5.91 Å². The summed E-state index contributed by atoms with van der Waals surface area (Å²) in [6, 6.07) is 8.82. The molecule has 0 bridgehead atoms. The number of likely N-dealkylation sites (tertiary alicyclic amines) is 1. The molecule has 1 aliphatic heterocycles. The molecule has 1 atom stereocenters. The molecule has 6 nitrogen and oxygen atoms in total. The van der Waals surface area contributed by atoms with Crippen molar-refractivity contribution in [1.82, 2.24) is 15.4 Å². The van der Waals surface area contributed by atoms with Gasteiger partial charge in [0.05, 0.1) is 5.02 Å². The van der Waals surface area contributed by atoms with E-state index in [1.165, 1.54) is 0 Å². The Morgan fingerprint density at radius 1 is 1.52 bits per heavy atom. The van der Waals surface area contributed by atoms with Crippen molar-refractivity contribution in [3.63, 3.8) is 0 Å². The lowest BCUT2D eigenvalue weighted by atomic mass is 10.1. The summed E-state index contributed by atoms with van der Waals surface area (Å²) in [6.07, 6.45) is 3.02. The van der Waals surface area contributed by atoms with Gasteiger partial charge in [0.1, 0.15) is 5.69 Å². The molecule has 0 aliphatic carbocycles. The molecule has 2 heterocycles. The zero-order valence-electron chi connectivity index (χ0n) is 12.3. The maximum absolute atomic E-state index is 12.1. The molecule has 7 heteroatoms. The topological polar surface area (TPSA) is 82.2 Å². The van der Waals surface area contributed by atoms with Gasteiger partial charge in [0, 0.05) is 31.3 Å². The zero-order chi connectivity index (χ0) is 16.2. The zero-order valence-corrected chi connectivity index (χ0v) is 13.1. The molecule has 1 unspecified atom stereocenters. The van der Waals surface area contributed by atoms with E-state index in [9.17, 15) is 4.79 Å². The number of hydrogen-bond acceptors (Lipinski definition) is 5. The largest absolute Gasteiger partial charge is 0.350 e. The Balaban J connectivity index is 1.61. The first-order chi connectivity index (χ1) is 11.2. The van der Waals surface area contributed by atoms with Crippen LogP contribution in [0.25, 0.3) is 11.3 Å². The highest BCUT2D eigenvalue weighted by molar-refractivity contribution is 6.33. The van der Waals surface area contributed by atoms with Crippen molar-refractivity contribution in [2.45, 2.75) is 6.42 Å². The highest BCUT2D eigenvalue weighted by atomic mass is 35.5. The Hall–Kier alpha value is -2.52. The summed E-state index contributed by atoms with van der Waals surface area (Å²) in [5, 5.41) is 16.1. The molecule has 1 aromatic heterocycles. The highest BCUT2D eigenvalue weighted by Gasteiger charge is 2.23. The van der Waals surface area contributed by atoms with Crippen molar-refractivity contribution in [2.75, 3.05) is 19.6 Å². The van der Waals surface area contributed by atoms with Gasteiger partial charge in [-0.05, 0) is 18.4 Å². The lowest BCUT2D eigenvalue weighted by molar-refractivity contribution is 0.0911. The predicted octanol–water partition coefficient (Wildman–Crippen LogP) is 2.53. The van der Waals surface area contributed by atoms with Crippen LogP contribution in [-0.2, 0) is 0 Å². The van der Waals surface area contributed by atoms with Crippen molar-refractivity contribution in [2.24, 2.45) is 5.92 Å². The van der Waals surface area contributed by atoms with Crippen molar-refractivity contribution < 1.29 is 9.32 Å². The van der Waals surface area contributed by atoms with Crippen molar-refractivity contribution in [1.29, 1.82) is 5.26 Å². The van der Waals surface area contributed by atoms with Gasteiger partial charge in [0.2, 0.25) is 5.76 Å². The summed E-state index contributed by atoms with van der Waals surface area (Å²) in [7, 11) is 0. The Morgan fingerprint density at radius 2 is 2.35 bits per heavy atom. The minimum absolute atomic E-state index is 0.148. The van der Waals surface area contributed by atoms with Gasteiger partial charge in [0.15, 0.2) is 6.19 Å². The second-order valence-corrected chi connectivity index (χ2v) is 5.87. The third kappa shape index (κ3) is 3.46. The molecule has 0 spiro atoms. The summed E-state index contributed by atoms with van der Waals surface area (Å²) in [6.45, 7) is 1.94. The van der Waals surface area contributed by atoms with Crippen LogP contribution in [0.15, 0.2) is 34.9 Å². The van der Waals surface area contributed by atoms with E-state index in [2.05, 4.69) is 16.7 Å². The number of nitriles is 1. The maximum Gasteiger partial charge on any atom is 0.289 e. The number of hydrogen-bond donors (Lipinski definition) is 1. The number of carbonyl (C=O) groups is 1. The molecule has 2 aromatic rings. The SMILES string of the molecule is N#CN1CCC(CNC(=O)c2cc(-c3ccccc3Cl)no2)C1. The van der Waals surface area contributed by atoms with Crippen LogP contribution in [0, 0.1) is 17.4 Å². The van der Waals surface area contributed by atoms with E-state index < -0.39 is 0 Å². The van der Waals surface area contributed by atoms with Gasteiger partial charge in [-0.15, -0.1) is 0 Å². The van der Waals surface area contributed by atoms with Crippen LogP contribution >= 0.6 is 11.6 Å². The van der Waals surface area contributed by atoms with E-state index in [-0.39, 0.29) is 17.6 Å². The fourth-order valence-corrected chi connectivity index (χ4v) is 2.82. The third-order valence-corrected chi connectivity index (χ3v) is 4.19. The molecule has 1 saturated heterocycles. The molecule has 1 fully saturated rings. The number of benzene rings is 1. The van der Waals surface area contributed by atoms with E-state index in [0.717, 1.165) is 18.5 Å². The van der Waals surface area contributed by atoms with Crippen LogP contribution in [0.1, 0.15) is 17.0 Å². The van der Waals surface area contributed by atoms with Crippen LogP contribution in [-0.4, -0.2) is 35.6 Å². The van der Waals surface area contributed by atoms with Gasteiger partial charge < -0.3 is 14.7 Å². The van der Waals surface area contributed by atoms with Crippen LogP contribution in [0.2, 0.25) is 5.02 Å². The molecule has 1 amide bonds. The number of rotatable bonds is 4. The van der Waals surface area contributed by atoms with E-state index >= 15 is 0 Å². The van der Waals surface area contributed by atoms with Crippen LogP contribution in [0.3, 0.4) is 0 Å². The van der Waals surface area contributed by atoms with Gasteiger partial charge in [-0.3, -0.25) is 4.79 Å². The average Bonchev–Trinajstić information content (AvgIpc) is 3.22. The van der Waals surface area contributed by atoms with Gasteiger partial charge in [-0.25, -0.2) is 0 Å². The monoisotopic (exact) mass is 330 g/mol. The molecular formula is C16H15ClN4O2. The maximum atomic E-state index is 12.1. The summed E-state index contributed by atoms with van der Waals surface area (Å²) in [5.41, 5.74) is 1.25. The Labute approximate surface area is 138 Å². The van der Waals surface area contributed by atoms with Crippen molar-refractivity contribution >= 4 is 17.5 Å². The van der Waals surface area contributed by atoms with Crippen LogP contribution in [0.4, 0.5) is 0 Å². The summed E-state index contributed by atoms with van der Waals surface area (Å²) >= 11 is 6.11. The molecule has 23 heavy (non-hydrogen) atoms. The number of nitrogens with zero attached hydrogens (tertiary/aromatic N) is 3. The predicted molar refractivity (Wildman–Crippen MR) is 84.6 cm³/mol. The first-order valence-electron chi connectivity index (χ1n) is 7.32. The number of nitrogens with one attached hydrogen (secondary N) is 1.